The largest absolute Gasteiger partial charge is 0.381 e. The van der Waals surface area contributed by atoms with Crippen LogP contribution >= 0.6 is 0 Å². The molecule has 0 bridgehead atoms. The molecule has 9 heavy (non-hydrogen) atoms. The van der Waals surface area contributed by atoms with Crippen LogP contribution in [0.3, 0.4) is 0 Å². The van der Waals surface area contributed by atoms with Crippen molar-refractivity contribution in [3.63, 3.8) is 0 Å². The molecule has 0 amide bonds. The molecular weight excluding hydrogens is 112 g/mol. The van der Waals surface area contributed by atoms with E-state index >= 15 is 0 Å². The second-order valence-corrected chi connectivity index (χ2v) is 3.43. The van der Waals surface area contributed by atoms with Crippen molar-refractivity contribution in [2.24, 2.45) is 11.8 Å². The molecule has 2 aliphatic carbocycles. The van der Waals surface area contributed by atoms with E-state index in [0.717, 1.165) is 11.8 Å². The van der Waals surface area contributed by atoms with Crippen LogP contribution in [0.25, 0.3) is 0 Å². The van der Waals surface area contributed by atoms with Crippen LogP contribution in [-0.2, 0) is 4.74 Å². The maximum Gasteiger partial charge on any atom is 0.0576 e. The molecule has 52 valence electrons. The predicted molar refractivity (Wildman–Crippen MR) is 36.2 cm³/mol. The fourth-order valence-electron chi connectivity index (χ4n) is 2.22. The lowest BCUT2D eigenvalue weighted by Gasteiger charge is -2.29. The molecule has 0 heterocycles. The molecule has 2 unspecified atom stereocenters. The maximum absolute atomic E-state index is 5.29. The van der Waals surface area contributed by atoms with Gasteiger partial charge in [-0.15, -0.1) is 0 Å². The minimum Gasteiger partial charge on any atom is -0.381 e. The lowest BCUT2D eigenvalue weighted by molar-refractivity contribution is 0.106. The zero-order chi connectivity index (χ0) is 6.27. The van der Waals surface area contributed by atoms with Crippen molar-refractivity contribution in [2.75, 3.05) is 7.11 Å². The van der Waals surface area contributed by atoms with E-state index in [2.05, 4.69) is 0 Å². The Labute approximate surface area is 56.4 Å². The van der Waals surface area contributed by atoms with Gasteiger partial charge in [-0.1, -0.05) is 0 Å². The van der Waals surface area contributed by atoms with E-state index in [1.807, 2.05) is 7.11 Å². The Kier molecular flexibility index (Phi) is 1.26. The Bertz CT molecular complexity index is 99.1. The SMILES string of the molecule is COC1CC2CCC2C1. The third-order valence-corrected chi connectivity index (χ3v) is 3.04. The van der Waals surface area contributed by atoms with Crippen LogP contribution in [0.5, 0.6) is 0 Å². The molecule has 2 atom stereocenters. The van der Waals surface area contributed by atoms with Gasteiger partial charge in [0, 0.05) is 7.11 Å². The quantitative estimate of drug-likeness (QED) is 0.520. The highest BCUT2D eigenvalue weighted by Gasteiger charge is 2.39. The van der Waals surface area contributed by atoms with Crippen molar-refractivity contribution in [3.05, 3.63) is 0 Å². The highest BCUT2D eigenvalue weighted by molar-refractivity contribution is 4.91. The Morgan fingerprint density at radius 2 is 1.67 bits per heavy atom. The smallest absolute Gasteiger partial charge is 0.0576 e. The van der Waals surface area contributed by atoms with Crippen LogP contribution in [0.1, 0.15) is 25.7 Å². The summed E-state index contributed by atoms with van der Waals surface area (Å²) in [6, 6.07) is 0. The molecule has 0 aliphatic heterocycles. The molecule has 2 aliphatic rings. The van der Waals surface area contributed by atoms with E-state index in [0.29, 0.717) is 6.10 Å². The average molecular weight is 126 g/mol. The van der Waals surface area contributed by atoms with E-state index < -0.39 is 0 Å². The third kappa shape index (κ3) is 0.787. The fourth-order valence-corrected chi connectivity index (χ4v) is 2.22. The second kappa shape index (κ2) is 1.98. The minimum absolute atomic E-state index is 0.613. The molecule has 1 heteroatoms. The van der Waals surface area contributed by atoms with Gasteiger partial charge in [0.2, 0.25) is 0 Å². The van der Waals surface area contributed by atoms with Crippen LogP contribution in [0.15, 0.2) is 0 Å². The lowest BCUT2D eigenvalue weighted by atomic mass is 9.77. The Morgan fingerprint density at radius 1 is 1.11 bits per heavy atom. The molecule has 0 spiro atoms. The normalized spacial score (nSPS) is 48.3. The van der Waals surface area contributed by atoms with Gasteiger partial charge in [-0.25, -0.2) is 0 Å². The monoisotopic (exact) mass is 126 g/mol. The van der Waals surface area contributed by atoms with E-state index in [1.165, 1.54) is 25.7 Å². The first kappa shape index (κ1) is 5.72. The van der Waals surface area contributed by atoms with E-state index in [4.69, 9.17) is 4.74 Å². The zero-order valence-electron chi connectivity index (χ0n) is 5.97. The number of hydrogen-bond acceptors (Lipinski definition) is 1. The predicted octanol–water partition coefficient (Wildman–Crippen LogP) is 1.82. The minimum atomic E-state index is 0.613. The van der Waals surface area contributed by atoms with Crippen molar-refractivity contribution in [1.82, 2.24) is 0 Å². The Hall–Kier alpha value is -0.0400. The van der Waals surface area contributed by atoms with E-state index in [-0.39, 0.29) is 0 Å². The van der Waals surface area contributed by atoms with Crippen molar-refractivity contribution in [2.45, 2.75) is 31.8 Å². The Morgan fingerprint density at radius 3 is 2.00 bits per heavy atom. The van der Waals surface area contributed by atoms with Gasteiger partial charge in [0.1, 0.15) is 0 Å². The van der Waals surface area contributed by atoms with Crippen molar-refractivity contribution >= 4 is 0 Å². The summed E-state index contributed by atoms with van der Waals surface area (Å²) in [4.78, 5) is 0. The summed E-state index contributed by atoms with van der Waals surface area (Å²) in [6.45, 7) is 0. The summed E-state index contributed by atoms with van der Waals surface area (Å²) >= 11 is 0. The van der Waals surface area contributed by atoms with E-state index in [9.17, 15) is 0 Å². The lowest BCUT2D eigenvalue weighted by Crippen LogP contribution is -2.18. The van der Waals surface area contributed by atoms with Crippen molar-refractivity contribution < 1.29 is 4.74 Å². The van der Waals surface area contributed by atoms with Gasteiger partial charge in [0.05, 0.1) is 6.10 Å². The van der Waals surface area contributed by atoms with Crippen LogP contribution in [-0.4, -0.2) is 13.2 Å². The number of hydrogen-bond donors (Lipinski definition) is 0. The molecule has 0 aromatic heterocycles. The highest BCUT2D eigenvalue weighted by Crippen LogP contribution is 2.47. The fraction of sp³-hybridized carbons (Fsp3) is 1.00. The van der Waals surface area contributed by atoms with Crippen molar-refractivity contribution in [1.29, 1.82) is 0 Å². The number of fused-ring (bicyclic) bond motifs is 1. The first-order chi connectivity index (χ1) is 4.40. The van der Waals surface area contributed by atoms with Gasteiger partial charge in [-0.3, -0.25) is 0 Å². The van der Waals surface area contributed by atoms with Gasteiger partial charge in [-0.05, 0) is 37.5 Å². The highest BCUT2D eigenvalue weighted by atomic mass is 16.5. The van der Waals surface area contributed by atoms with Crippen LogP contribution < -0.4 is 0 Å². The molecule has 1 nitrogen and oxygen atoms in total. The van der Waals surface area contributed by atoms with Gasteiger partial charge < -0.3 is 4.74 Å². The standard InChI is InChI=1S/C8H14O/c1-9-8-4-6-2-3-7(6)5-8/h6-8H,2-5H2,1H3. The molecule has 2 fully saturated rings. The van der Waals surface area contributed by atoms with E-state index in [1.54, 1.807) is 0 Å². The second-order valence-electron chi connectivity index (χ2n) is 3.43. The van der Waals surface area contributed by atoms with Gasteiger partial charge in [0.25, 0.3) is 0 Å². The average Bonchev–Trinajstić information content (AvgIpc) is 2.10. The van der Waals surface area contributed by atoms with Gasteiger partial charge >= 0.3 is 0 Å². The molecule has 2 saturated carbocycles. The van der Waals surface area contributed by atoms with Gasteiger partial charge in [-0.2, -0.15) is 0 Å². The van der Waals surface area contributed by atoms with Crippen LogP contribution in [0.2, 0.25) is 0 Å². The molecule has 0 saturated heterocycles. The van der Waals surface area contributed by atoms with Crippen LogP contribution in [0.4, 0.5) is 0 Å². The summed E-state index contributed by atoms with van der Waals surface area (Å²) in [6.07, 6.45) is 6.26. The molecule has 2 rings (SSSR count). The molecule has 0 radical (unpaired) electrons. The first-order valence-electron chi connectivity index (χ1n) is 3.93. The summed E-state index contributed by atoms with van der Waals surface area (Å²) < 4.78 is 5.29. The number of methoxy groups -OCH3 is 1. The van der Waals surface area contributed by atoms with Crippen LogP contribution in [0, 0.1) is 11.8 Å². The number of rotatable bonds is 1. The summed E-state index contributed by atoms with van der Waals surface area (Å²) in [5, 5.41) is 0. The summed E-state index contributed by atoms with van der Waals surface area (Å²) in [5.41, 5.74) is 0. The molecular formula is C8H14O. The third-order valence-electron chi connectivity index (χ3n) is 3.04. The summed E-state index contributed by atoms with van der Waals surface area (Å²) in [7, 11) is 1.84. The first-order valence-corrected chi connectivity index (χ1v) is 3.93. The van der Waals surface area contributed by atoms with Crippen molar-refractivity contribution in [3.8, 4) is 0 Å². The number of ether oxygens (including phenoxy) is 1. The summed E-state index contributed by atoms with van der Waals surface area (Å²) in [5.74, 6) is 2.10. The zero-order valence-corrected chi connectivity index (χ0v) is 5.97. The molecule has 0 aromatic rings. The molecule has 0 aromatic carbocycles. The topological polar surface area (TPSA) is 9.23 Å². The van der Waals surface area contributed by atoms with Gasteiger partial charge in [0.15, 0.2) is 0 Å². The Balaban J connectivity index is 1.91. The maximum atomic E-state index is 5.29. The molecule has 0 N–H and O–H groups in total.